The van der Waals surface area contributed by atoms with Crippen LogP contribution in [0, 0.1) is 11.3 Å². The van der Waals surface area contributed by atoms with E-state index in [-0.39, 0.29) is 15.8 Å². The van der Waals surface area contributed by atoms with Gasteiger partial charge in [-0.1, -0.05) is 11.6 Å². The second kappa shape index (κ2) is 5.13. The standard InChI is InChI=1S/C12H6Cl2N2O2/c13-10-5-8(2-1-7(10)6-15)16-12(17)9-3-4-18-11(9)14/h1-5H,(H,16,17). The molecule has 1 amide bonds. The first-order valence-corrected chi connectivity index (χ1v) is 5.61. The van der Waals surface area contributed by atoms with Crippen molar-refractivity contribution in [3.8, 4) is 6.07 Å². The van der Waals surface area contributed by atoms with Crippen LogP contribution < -0.4 is 5.32 Å². The second-order valence-electron chi connectivity index (χ2n) is 3.37. The van der Waals surface area contributed by atoms with Crippen LogP contribution in [0.4, 0.5) is 5.69 Å². The van der Waals surface area contributed by atoms with Crippen molar-refractivity contribution in [3.05, 3.63) is 51.9 Å². The van der Waals surface area contributed by atoms with Crippen molar-refractivity contribution < 1.29 is 9.21 Å². The van der Waals surface area contributed by atoms with Crippen LogP contribution in [0.15, 0.2) is 34.9 Å². The molecule has 0 aliphatic carbocycles. The van der Waals surface area contributed by atoms with Gasteiger partial charge >= 0.3 is 0 Å². The van der Waals surface area contributed by atoms with E-state index in [0.717, 1.165) is 0 Å². The summed E-state index contributed by atoms with van der Waals surface area (Å²) < 4.78 is 4.82. The summed E-state index contributed by atoms with van der Waals surface area (Å²) in [5.41, 5.74) is 1.05. The Kier molecular flexibility index (Phi) is 3.56. The van der Waals surface area contributed by atoms with Gasteiger partial charge in [-0.25, -0.2) is 0 Å². The van der Waals surface area contributed by atoms with Crippen LogP contribution in [0.25, 0.3) is 0 Å². The topological polar surface area (TPSA) is 66.0 Å². The van der Waals surface area contributed by atoms with E-state index in [0.29, 0.717) is 11.3 Å². The molecule has 0 radical (unpaired) electrons. The second-order valence-corrected chi connectivity index (χ2v) is 4.12. The number of benzene rings is 1. The van der Waals surface area contributed by atoms with Gasteiger partial charge in [0.1, 0.15) is 6.07 Å². The maximum absolute atomic E-state index is 11.8. The number of nitrogens with one attached hydrogen (secondary N) is 1. The first kappa shape index (κ1) is 12.5. The Bertz CT molecular complexity index is 644. The normalized spacial score (nSPS) is 9.83. The van der Waals surface area contributed by atoms with Gasteiger partial charge in [0.05, 0.1) is 22.4 Å². The largest absolute Gasteiger partial charge is 0.452 e. The van der Waals surface area contributed by atoms with Gasteiger partial charge < -0.3 is 9.73 Å². The van der Waals surface area contributed by atoms with Gasteiger partial charge in [-0.15, -0.1) is 0 Å². The monoisotopic (exact) mass is 280 g/mol. The number of carbonyl (C=O) groups is 1. The van der Waals surface area contributed by atoms with E-state index in [1.165, 1.54) is 24.5 Å². The molecule has 1 aromatic carbocycles. The molecule has 6 heteroatoms. The maximum atomic E-state index is 11.8. The Labute approximate surface area is 113 Å². The summed E-state index contributed by atoms with van der Waals surface area (Å²) in [6.07, 6.45) is 1.32. The number of hydrogen-bond acceptors (Lipinski definition) is 3. The molecule has 2 aromatic rings. The van der Waals surface area contributed by atoms with Crippen LogP contribution in [0.2, 0.25) is 10.2 Å². The highest BCUT2D eigenvalue weighted by atomic mass is 35.5. The first-order valence-electron chi connectivity index (χ1n) is 4.86. The number of hydrogen-bond donors (Lipinski definition) is 1. The van der Waals surface area contributed by atoms with E-state index < -0.39 is 5.91 Å². The van der Waals surface area contributed by atoms with Crippen molar-refractivity contribution in [1.29, 1.82) is 5.26 Å². The van der Waals surface area contributed by atoms with E-state index in [1.54, 1.807) is 6.07 Å². The van der Waals surface area contributed by atoms with Gasteiger partial charge in [0, 0.05) is 5.69 Å². The molecule has 0 atom stereocenters. The minimum absolute atomic E-state index is 0.0206. The van der Waals surface area contributed by atoms with Crippen LogP contribution in [-0.2, 0) is 0 Å². The van der Waals surface area contributed by atoms with Crippen molar-refractivity contribution in [2.24, 2.45) is 0 Å². The number of halogens is 2. The first-order chi connectivity index (χ1) is 8.61. The molecule has 1 N–H and O–H groups in total. The van der Waals surface area contributed by atoms with Gasteiger partial charge in [0.15, 0.2) is 0 Å². The molecule has 0 aliphatic heterocycles. The van der Waals surface area contributed by atoms with Crippen molar-refractivity contribution >= 4 is 34.8 Å². The van der Waals surface area contributed by atoms with Gasteiger partial charge in [0.2, 0.25) is 5.22 Å². The Morgan fingerprint density at radius 1 is 1.33 bits per heavy atom. The highest BCUT2D eigenvalue weighted by Crippen LogP contribution is 2.22. The van der Waals surface area contributed by atoms with Gasteiger partial charge in [-0.2, -0.15) is 5.26 Å². The minimum atomic E-state index is -0.408. The number of anilines is 1. The Morgan fingerprint density at radius 3 is 2.67 bits per heavy atom. The molecule has 2 rings (SSSR count). The third-order valence-electron chi connectivity index (χ3n) is 2.21. The van der Waals surface area contributed by atoms with E-state index in [2.05, 4.69) is 5.32 Å². The third kappa shape index (κ3) is 2.48. The van der Waals surface area contributed by atoms with Crippen molar-refractivity contribution in [2.45, 2.75) is 0 Å². The molecule has 1 heterocycles. The van der Waals surface area contributed by atoms with E-state index >= 15 is 0 Å². The Hall–Kier alpha value is -1.96. The lowest BCUT2D eigenvalue weighted by Gasteiger charge is -2.04. The van der Waals surface area contributed by atoms with Gasteiger partial charge in [-0.05, 0) is 35.9 Å². The van der Waals surface area contributed by atoms with Crippen LogP contribution in [0.5, 0.6) is 0 Å². The molecule has 1 aromatic heterocycles. The van der Waals surface area contributed by atoms with Gasteiger partial charge in [-0.3, -0.25) is 4.79 Å². The van der Waals surface area contributed by atoms with Crippen LogP contribution in [-0.4, -0.2) is 5.91 Å². The minimum Gasteiger partial charge on any atom is -0.452 e. The van der Waals surface area contributed by atoms with Crippen molar-refractivity contribution in [2.75, 3.05) is 5.32 Å². The summed E-state index contributed by atoms with van der Waals surface area (Å²) >= 11 is 11.5. The van der Waals surface area contributed by atoms with E-state index in [1.807, 2.05) is 6.07 Å². The zero-order valence-corrected chi connectivity index (χ0v) is 10.4. The number of nitrogens with zero attached hydrogens (tertiary/aromatic N) is 1. The number of furan rings is 1. The SMILES string of the molecule is N#Cc1ccc(NC(=O)c2ccoc2Cl)cc1Cl. The highest BCUT2D eigenvalue weighted by molar-refractivity contribution is 6.33. The molecule has 0 saturated carbocycles. The summed E-state index contributed by atoms with van der Waals surface area (Å²) in [5, 5.41) is 11.6. The molecule has 0 aliphatic rings. The quantitative estimate of drug-likeness (QED) is 0.912. The summed E-state index contributed by atoms with van der Waals surface area (Å²) in [5.74, 6) is -0.408. The van der Waals surface area contributed by atoms with Gasteiger partial charge in [0.25, 0.3) is 5.91 Å². The molecule has 18 heavy (non-hydrogen) atoms. The lowest BCUT2D eigenvalue weighted by molar-refractivity contribution is 0.102. The van der Waals surface area contributed by atoms with Crippen molar-refractivity contribution in [3.63, 3.8) is 0 Å². The average Bonchev–Trinajstić information content (AvgIpc) is 2.76. The lowest BCUT2D eigenvalue weighted by Crippen LogP contribution is -2.11. The Morgan fingerprint density at radius 2 is 2.11 bits per heavy atom. The van der Waals surface area contributed by atoms with E-state index in [9.17, 15) is 4.79 Å². The predicted octanol–water partition coefficient (Wildman–Crippen LogP) is 3.71. The zero-order chi connectivity index (χ0) is 13.1. The fraction of sp³-hybridized carbons (Fsp3) is 0. The lowest BCUT2D eigenvalue weighted by atomic mass is 10.2. The summed E-state index contributed by atoms with van der Waals surface area (Å²) in [7, 11) is 0. The van der Waals surface area contributed by atoms with Crippen LogP contribution in [0.1, 0.15) is 15.9 Å². The smallest absolute Gasteiger partial charge is 0.260 e. The molecule has 0 unspecified atom stereocenters. The third-order valence-corrected chi connectivity index (χ3v) is 2.82. The Balaban J connectivity index is 2.21. The number of carbonyl (C=O) groups excluding carboxylic acids is 1. The molecular formula is C12H6Cl2N2O2. The molecule has 0 spiro atoms. The molecular weight excluding hydrogens is 275 g/mol. The van der Waals surface area contributed by atoms with E-state index in [4.69, 9.17) is 32.9 Å². The predicted molar refractivity (Wildman–Crippen MR) is 67.8 cm³/mol. The van der Waals surface area contributed by atoms with Crippen LogP contribution in [0.3, 0.4) is 0 Å². The fourth-order valence-corrected chi connectivity index (χ4v) is 1.76. The van der Waals surface area contributed by atoms with Crippen molar-refractivity contribution in [1.82, 2.24) is 0 Å². The molecule has 4 nitrogen and oxygen atoms in total. The molecule has 0 saturated heterocycles. The molecule has 90 valence electrons. The summed E-state index contributed by atoms with van der Waals surface area (Å²) in [4.78, 5) is 11.8. The molecule has 0 bridgehead atoms. The fourth-order valence-electron chi connectivity index (χ4n) is 1.34. The number of rotatable bonds is 2. The maximum Gasteiger partial charge on any atom is 0.260 e. The molecule has 0 fully saturated rings. The number of nitriles is 1. The summed E-state index contributed by atoms with van der Waals surface area (Å²) in [6.45, 7) is 0. The average molecular weight is 281 g/mol. The number of amides is 1. The van der Waals surface area contributed by atoms with Crippen LogP contribution >= 0.6 is 23.2 Å². The summed E-state index contributed by atoms with van der Waals surface area (Å²) in [6, 6.07) is 7.99. The highest BCUT2D eigenvalue weighted by Gasteiger charge is 2.13. The zero-order valence-electron chi connectivity index (χ0n) is 8.91.